The van der Waals surface area contributed by atoms with Crippen LogP contribution in [0.4, 0.5) is 4.39 Å². The molecule has 0 radical (unpaired) electrons. The number of rotatable bonds is 0. The first-order valence-electron chi connectivity index (χ1n) is 2.24. The van der Waals surface area contributed by atoms with Gasteiger partial charge in [0.25, 0.3) is 0 Å². The number of H-pyrrole nitrogens is 1. The van der Waals surface area contributed by atoms with Gasteiger partial charge < -0.3 is 4.98 Å². The number of hydrogen-bond acceptors (Lipinski definition) is 1. The Kier molecular flexibility index (Phi) is 1.97. The Morgan fingerprint density at radius 1 is 1.56 bits per heavy atom. The molecule has 4 heteroatoms. The van der Waals surface area contributed by atoms with Gasteiger partial charge in [0.05, 0.1) is 4.60 Å². The van der Waals surface area contributed by atoms with Crippen LogP contribution in [0.2, 0.25) is 0 Å². The number of aromatic amines is 1. The Labute approximate surface area is 65.0 Å². The van der Waals surface area contributed by atoms with E-state index in [0.29, 0.717) is 9.24 Å². The zero-order valence-corrected chi connectivity index (χ0v) is 6.72. The second-order valence-corrected chi connectivity index (χ2v) is 2.80. The fourth-order valence-corrected chi connectivity index (χ4v) is 1.26. The lowest BCUT2D eigenvalue weighted by Gasteiger charge is -1.89. The summed E-state index contributed by atoms with van der Waals surface area (Å²) in [6.45, 7) is 0. The average Bonchev–Trinajstić information content (AvgIpc) is 1.59. The monoisotopic (exact) mass is 207 g/mol. The lowest BCUT2D eigenvalue weighted by Crippen LogP contribution is -1.78. The zero-order chi connectivity index (χ0) is 6.85. The molecule has 1 nitrogen and oxygen atoms in total. The van der Waals surface area contributed by atoms with Gasteiger partial charge in [-0.1, -0.05) is 12.2 Å². The van der Waals surface area contributed by atoms with Crippen molar-refractivity contribution < 1.29 is 4.39 Å². The van der Waals surface area contributed by atoms with E-state index < -0.39 is 0 Å². The van der Waals surface area contributed by atoms with E-state index in [4.69, 9.17) is 0 Å². The quantitative estimate of drug-likeness (QED) is 0.511. The predicted octanol–water partition coefficient (Wildman–Crippen LogP) is 2.65. The maximum atomic E-state index is 12.3. The summed E-state index contributed by atoms with van der Waals surface area (Å²) in [7, 11) is 0. The molecular weight excluding hydrogens is 205 g/mol. The summed E-state index contributed by atoms with van der Waals surface area (Å²) < 4.78 is 13.3. The summed E-state index contributed by atoms with van der Waals surface area (Å²) in [6, 6.07) is 2.57. The van der Waals surface area contributed by atoms with Crippen molar-refractivity contribution >= 4 is 28.1 Å². The second kappa shape index (κ2) is 2.58. The molecule has 0 saturated carbocycles. The predicted molar refractivity (Wildman–Crippen MR) is 39.3 cm³/mol. The Hall–Kier alpha value is -0.220. The molecule has 0 amide bonds. The third kappa shape index (κ3) is 1.87. The van der Waals surface area contributed by atoms with E-state index in [1.165, 1.54) is 12.1 Å². The minimum Gasteiger partial charge on any atom is -0.341 e. The maximum absolute atomic E-state index is 12.3. The van der Waals surface area contributed by atoms with Crippen LogP contribution in [-0.4, -0.2) is 4.98 Å². The highest BCUT2D eigenvalue weighted by Gasteiger charge is 1.89. The molecule has 0 saturated heterocycles. The molecule has 1 rings (SSSR count). The van der Waals surface area contributed by atoms with Gasteiger partial charge in [-0.25, -0.2) is 4.39 Å². The minimum absolute atomic E-state index is 0.328. The van der Waals surface area contributed by atoms with Gasteiger partial charge in [0.15, 0.2) is 0 Å². The number of pyridine rings is 1. The lowest BCUT2D eigenvalue weighted by atomic mass is 10.5. The molecular formula is C5H3BrFNS. The number of aromatic nitrogens is 1. The van der Waals surface area contributed by atoms with Crippen LogP contribution >= 0.6 is 28.1 Å². The Balaban J connectivity index is 3.33. The van der Waals surface area contributed by atoms with Crippen molar-refractivity contribution in [3.8, 4) is 0 Å². The normalized spacial score (nSPS) is 9.56. The maximum Gasteiger partial charge on any atom is 0.128 e. The number of nitrogens with one attached hydrogen (secondary N) is 1. The molecule has 0 aliphatic carbocycles. The van der Waals surface area contributed by atoms with Gasteiger partial charge in [-0.3, -0.25) is 0 Å². The number of halogens is 2. The molecule has 0 unspecified atom stereocenters. The first-order valence-corrected chi connectivity index (χ1v) is 3.44. The molecule has 1 aromatic heterocycles. The highest BCUT2D eigenvalue weighted by molar-refractivity contribution is 9.10. The van der Waals surface area contributed by atoms with Crippen LogP contribution in [0.5, 0.6) is 0 Å². The van der Waals surface area contributed by atoms with E-state index >= 15 is 0 Å². The van der Waals surface area contributed by atoms with Gasteiger partial charge >= 0.3 is 0 Å². The standard InChI is InChI=1S/C5H3BrFNS/c6-4-1-3(7)2-5(9)8-4/h1-2H,(H,8,9). The summed E-state index contributed by atoms with van der Waals surface area (Å²) in [6.07, 6.45) is 0. The van der Waals surface area contributed by atoms with E-state index in [-0.39, 0.29) is 5.82 Å². The van der Waals surface area contributed by atoms with Gasteiger partial charge in [-0.15, -0.1) is 0 Å². The third-order valence-electron chi connectivity index (χ3n) is 0.776. The Morgan fingerprint density at radius 3 is 2.67 bits per heavy atom. The van der Waals surface area contributed by atoms with Crippen molar-refractivity contribution in [1.29, 1.82) is 0 Å². The fourth-order valence-electron chi connectivity index (χ4n) is 0.478. The fraction of sp³-hybridized carbons (Fsp3) is 0. The van der Waals surface area contributed by atoms with Crippen molar-refractivity contribution in [2.24, 2.45) is 0 Å². The van der Waals surface area contributed by atoms with Crippen LogP contribution in [0.25, 0.3) is 0 Å². The SMILES string of the molecule is Fc1cc(Br)[nH]c(=S)c1. The molecule has 1 aromatic rings. The summed E-state index contributed by atoms with van der Waals surface area (Å²) in [5.41, 5.74) is 0. The van der Waals surface area contributed by atoms with Crippen LogP contribution in [0.3, 0.4) is 0 Å². The average molecular weight is 208 g/mol. The molecule has 48 valence electrons. The van der Waals surface area contributed by atoms with Gasteiger partial charge in [-0.2, -0.15) is 0 Å². The van der Waals surface area contributed by atoms with Crippen LogP contribution in [-0.2, 0) is 0 Å². The van der Waals surface area contributed by atoms with Crippen LogP contribution in [0.15, 0.2) is 16.7 Å². The van der Waals surface area contributed by atoms with E-state index in [1.54, 1.807) is 0 Å². The molecule has 0 spiro atoms. The second-order valence-electron chi connectivity index (χ2n) is 1.51. The molecule has 9 heavy (non-hydrogen) atoms. The molecule has 0 bridgehead atoms. The van der Waals surface area contributed by atoms with Crippen LogP contribution in [0, 0.1) is 10.5 Å². The largest absolute Gasteiger partial charge is 0.341 e. The van der Waals surface area contributed by atoms with Gasteiger partial charge in [0, 0.05) is 12.1 Å². The van der Waals surface area contributed by atoms with Crippen LogP contribution in [0.1, 0.15) is 0 Å². The van der Waals surface area contributed by atoms with E-state index in [2.05, 4.69) is 33.1 Å². The van der Waals surface area contributed by atoms with Crippen molar-refractivity contribution in [3.05, 3.63) is 27.2 Å². The molecule has 1 N–H and O–H groups in total. The van der Waals surface area contributed by atoms with E-state index in [1.807, 2.05) is 0 Å². The summed E-state index contributed by atoms with van der Waals surface area (Å²) in [4.78, 5) is 2.70. The third-order valence-corrected chi connectivity index (χ3v) is 1.42. The van der Waals surface area contributed by atoms with Crippen molar-refractivity contribution in [1.82, 2.24) is 4.98 Å². The molecule has 0 atom stereocenters. The summed E-state index contributed by atoms with van der Waals surface area (Å²) >= 11 is 7.71. The first kappa shape index (κ1) is 6.89. The highest BCUT2D eigenvalue weighted by atomic mass is 79.9. The van der Waals surface area contributed by atoms with Crippen molar-refractivity contribution in [2.45, 2.75) is 0 Å². The minimum atomic E-state index is -0.328. The van der Waals surface area contributed by atoms with Crippen LogP contribution < -0.4 is 0 Å². The summed E-state index contributed by atoms with van der Waals surface area (Å²) in [5.74, 6) is -0.328. The number of hydrogen-bond donors (Lipinski definition) is 1. The Bertz CT molecular complexity index is 247. The Morgan fingerprint density at radius 2 is 2.22 bits per heavy atom. The topological polar surface area (TPSA) is 15.8 Å². The van der Waals surface area contributed by atoms with E-state index in [0.717, 1.165) is 0 Å². The smallest absolute Gasteiger partial charge is 0.128 e. The molecule has 1 heterocycles. The first-order chi connectivity index (χ1) is 4.18. The zero-order valence-electron chi connectivity index (χ0n) is 4.32. The van der Waals surface area contributed by atoms with Gasteiger partial charge in [0.1, 0.15) is 10.5 Å². The lowest BCUT2D eigenvalue weighted by molar-refractivity contribution is 0.623. The highest BCUT2D eigenvalue weighted by Crippen LogP contribution is 2.06. The molecule has 0 fully saturated rings. The van der Waals surface area contributed by atoms with Gasteiger partial charge in [-0.05, 0) is 15.9 Å². The molecule has 0 aromatic carbocycles. The van der Waals surface area contributed by atoms with Gasteiger partial charge in [0.2, 0.25) is 0 Å². The summed E-state index contributed by atoms with van der Waals surface area (Å²) in [5, 5.41) is 0. The molecule has 0 aliphatic heterocycles. The van der Waals surface area contributed by atoms with E-state index in [9.17, 15) is 4.39 Å². The molecule has 0 aliphatic rings. The van der Waals surface area contributed by atoms with Crippen molar-refractivity contribution in [3.63, 3.8) is 0 Å². The van der Waals surface area contributed by atoms with Crippen molar-refractivity contribution in [2.75, 3.05) is 0 Å².